The fourth-order valence-corrected chi connectivity index (χ4v) is 5.90. The molecule has 48 heavy (non-hydrogen) atoms. The third-order valence-electron chi connectivity index (χ3n) is 7.25. The summed E-state index contributed by atoms with van der Waals surface area (Å²) >= 11 is 1.01. The van der Waals surface area contributed by atoms with Gasteiger partial charge in [-0.15, -0.1) is 6.58 Å². The van der Waals surface area contributed by atoms with Gasteiger partial charge in [-0.05, 0) is 61.2 Å². The molecule has 0 saturated heterocycles. The van der Waals surface area contributed by atoms with Crippen LogP contribution in [0.5, 0.6) is 11.5 Å². The van der Waals surface area contributed by atoms with Gasteiger partial charge in [0.15, 0.2) is 16.7 Å². The highest BCUT2D eigenvalue weighted by Crippen LogP contribution is 2.35. The maximum absolute atomic E-state index is 14.1. The van der Waals surface area contributed by atoms with Crippen LogP contribution in [0.2, 0.25) is 0 Å². The Morgan fingerprint density at radius 1 is 1.04 bits per heavy atom. The molecule has 3 aromatic rings. The zero-order valence-corrected chi connectivity index (χ0v) is 28.2. The maximum atomic E-state index is 14.1. The summed E-state index contributed by atoms with van der Waals surface area (Å²) in [6.07, 6.45) is 10.4. The second-order valence-corrected chi connectivity index (χ2v) is 11.4. The molecule has 4 rings (SSSR count). The zero-order valence-electron chi connectivity index (χ0n) is 27.3. The molecule has 0 spiro atoms. The molecule has 0 unspecified atom stereocenters. The molecule has 1 aliphatic heterocycles. The fraction of sp³-hybridized carbons (Fsp3) is 0.179. The first kappa shape index (κ1) is 35.4. The Hall–Kier alpha value is -5.41. The number of carbonyl (C=O) groups is 3. The maximum Gasteiger partial charge on any atom is 0.285 e. The van der Waals surface area contributed by atoms with E-state index in [1.165, 1.54) is 18.1 Å². The highest BCUT2D eigenvalue weighted by atomic mass is 32.2. The third-order valence-corrected chi connectivity index (χ3v) is 8.19. The number of nitrogens with zero attached hydrogens (tertiary/aromatic N) is 2. The quantitative estimate of drug-likeness (QED) is 0.0849. The van der Waals surface area contributed by atoms with E-state index in [0.29, 0.717) is 35.8 Å². The lowest BCUT2D eigenvalue weighted by molar-refractivity contribution is -0.126. The minimum Gasteiger partial charge on any atom is -0.493 e. The van der Waals surface area contributed by atoms with Gasteiger partial charge in [0.1, 0.15) is 5.57 Å². The van der Waals surface area contributed by atoms with E-state index in [-0.39, 0.29) is 28.4 Å². The summed E-state index contributed by atoms with van der Waals surface area (Å²) in [5, 5.41) is 3.19. The lowest BCUT2D eigenvalue weighted by Gasteiger charge is -2.28. The summed E-state index contributed by atoms with van der Waals surface area (Å²) in [6, 6.07) is 22.5. The van der Waals surface area contributed by atoms with Crippen LogP contribution in [0.3, 0.4) is 0 Å². The number of aliphatic imine (C=N–C) groups is 1. The van der Waals surface area contributed by atoms with Crippen LogP contribution in [0.25, 0.3) is 6.08 Å². The molecule has 3 aromatic carbocycles. The SMILES string of the molecule is C=C/C=C\C(=C/C)N1C(=O)/C(=C/c2cc(CC=C)c(OCC)c(OC)c2)C(=O)N=C1SCC(=O)NC(c1ccccc1)c1ccccc1. The fourth-order valence-electron chi connectivity index (χ4n) is 5.09. The number of nitrogens with one attached hydrogen (secondary N) is 1. The number of methoxy groups -OCH3 is 1. The van der Waals surface area contributed by atoms with Crippen LogP contribution in [0, 0.1) is 0 Å². The van der Waals surface area contributed by atoms with E-state index >= 15 is 0 Å². The van der Waals surface area contributed by atoms with E-state index in [1.807, 2.05) is 73.7 Å². The summed E-state index contributed by atoms with van der Waals surface area (Å²) in [7, 11) is 1.53. The number of hydrogen-bond acceptors (Lipinski definition) is 6. The third kappa shape index (κ3) is 8.68. The van der Waals surface area contributed by atoms with Crippen LogP contribution < -0.4 is 14.8 Å². The van der Waals surface area contributed by atoms with Crippen molar-refractivity contribution in [1.29, 1.82) is 0 Å². The lowest BCUT2D eigenvalue weighted by Crippen LogP contribution is -2.42. The molecule has 0 fully saturated rings. The van der Waals surface area contributed by atoms with Crippen molar-refractivity contribution in [2.45, 2.75) is 26.3 Å². The molecule has 9 heteroatoms. The van der Waals surface area contributed by atoms with Crippen LogP contribution >= 0.6 is 11.8 Å². The number of carbonyl (C=O) groups excluding carboxylic acids is 3. The lowest BCUT2D eigenvalue weighted by atomic mass is 9.99. The molecule has 0 atom stereocenters. The molecule has 0 saturated carbocycles. The zero-order chi connectivity index (χ0) is 34.5. The number of benzene rings is 3. The molecule has 0 aromatic heterocycles. The van der Waals surface area contributed by atoms with Crippen LogP contribution in [-0.4, -0.2) is 47.3 Å². The largest absolute Gasteiger partial charge is 0.493 e. The molecular weight excluding hydrogens is 623 g/mol. The Labute approximate surface area is 286 Å². The van der Waals surface area contributed by atoms with Gasteiger partial charge in [0.25, 0.3) is 11.8 Å². The van der Waals surface area contributed by atoms with E-state index in [2.05, 4.69) is 23.5 Å². The highest BCUT2D eigenvalue weighted by Gasteiger charge is 2.35. The number of allylic oxidation sites excluding steroid dienone is 5. The van der Waals surface area contributed by atoms with E-state index < -0.39 is 11.8 Å². The van der Waals surface area contributed by atoms with Crippen molar-refractivity contribution in [3.05, 3.63) is 150 Å². The minimum absolute atomic E-state index is 0.0890. The predicted octanol–water partition coefficient (Wildman–Crippen LogP) is 7.22. The normalized spacial score (nSPS) is 14.3. The van der Waals surface area contributed by atoms with Crippen molar-refractivity contribution in [1.82, 2.24) is 10.2 Å². The van der Waals surface area contributed by atoms with Crippen LogP contribution in [0.4, 0.5) is 0 Å². The number of ether oxygens (including phenoxy) is 2. The summed E-state index contributed by atoms with van der Waals surface area (Å²) in [5.74, 6) is -0.632. The van der Waals surface area contributed by atoms with Crippen molar-refractivity contribution >= 4 is 40.7 Å². The molecule has 1 heterocycles. The molecule has 8 nitrogen and oxygen atoms in total. The van der Waals surface area contributed by atoms with Gasteiger partial charge in [-0.1, -0.05) is 103 Å². The van der Waals surface area contributed by atoms with Crippen LogP contribution in [0.15, 0.2) is 133 Å². The molecule has 1 N–H and O–H groups in total. The number of rotatable bonds is 14. The standard InChI is InChI=1S/C39H39N3O5S/c1-6-10-22-31(8-3)42-38(45)32(24-27-23-30(17-7-2)36(47-9-4)33(25-27)46-5)37(44)41-39(42)48-26-34(43)40-35(28-18-13-11-14-19-28)29-20-15-12-16-21-29/h6-8,10-16,18-25,35H,1-2,9,17,26H2,3-5H3,(H,40,43)/b22-10-,31-8+,32-24+. The van der Waals surface area contributed by atoms with Gasteiger partial charge in [-0.2, -0.15) is 4.99 Å². The Bertz CT molecular complexity index is 1740. The van der Waals surface area contributed by atoms with Gasteiger partial charge in [0, 0.05) is 11.3 Å². The summed E-state index contributed by atoms with van der Waals surface area (Å²) in [6.45, 7) is 11.6. The second-order valence-electron chi connectivity index (χ2n) is 10.5. The number of amides is 3. The van der Waals surface area contributed by atoms with Gasteiger partial charge in [-0.25, -0.2) is 0 Å². The van der Waals surface area contributed by atoms with E-state index in [4.69, 9.17) is 9.47 Å². The summed E-state index contributed by atoms with van der Waals surface area (Å²) in [5.41, 5.74) is 3.53. The summed E-state index contributed by atoms with van der Waals surface area (Å²) < 4.78 is 11.4. The first-order valence-corrected chi connectivity index (χ1v) is 16.4. The van der Waals surface area contributed by atoms with Gasteiger partial charge in [-0.3, -0.25) is 19.3 Å². The average Bonchev–Trinajstić information content (AvgIpc) is 3.10. The van der Waals surface area contributed by atoms with Gasteiger partial charge < -0.3 is 14.8 Å². The van der Waals surface area contributed by atoms with E-state index in [0.717, 1.165) is 28.5 Å². The Balaban J connectivity index is 1.67. The molecule has 1 aliphatic rings. The molecule has 246 valence electrons. The van der Waals surface area contributed by atoms with Crippen molar-refractivity contribution < 1.29 is 23.9 Å². The van der Waals surface area contributed by atoms with Crippen molar-refractivity contribution in [3.8, 4) is 11.5 Å². The molecular formula is C39H39N3O5S. The van der Waals surface area contributed by atoms with Crippen LogP contribution in [-0.2, 0) is 20.8 Å². The van der Waals surface area contributed by atoms with E-state index in [1.54, 1.807) is 43.4 Å². The Morgan fingerprint density at radius 3 is 2.27 bits per heavy atom. The van der Waals surface area contributed by atoms with Gasteiger partial charge >= 0.3 is 0 Å². The van der Waals surface area contributed by atoms with Crippen molar-refractivity contribution in [2.24, 2.45) is 4.99 Å². The Kier molecular flexibility index (Phi) is 12.9. The molecule has 0 radical (unpaired) electrons. The first-order chi connectivity index (χ1) is 23.3. The number of thioether (sulfide) groups is 1. The number of hydrogen-bond donors (Lipinski definition) is 1. The topological polar surface area (TPSA) is 97.3 Å². The van der Waals surface area contributed by atoms with Gasteiger partial charge in [0.2, 0.25) is 5.91 Å². The van der Waals surface area contributed by atoms with E-state index in [9.17, 15) is 14.4 Å². The smallest absolute Gasteiger partial charge is 0.285 e. The summed E-state index contributed by atoms with van der Waals surface area (Å²) in [4.78, 5) is 46.6. The van der Waals surface area contributed by atoms with Crippen molar-refractivity contribution in [2.75, 3.05) is 19.5 Å². The monoisotopic (exact) mass is 661 g/mol. The molecule has 0 aliphatic carbocycles. The minimum atomic E-state index is -0.716. The first-order valence-electron chi connectivity index (χ1n) is 15.5. The van der Waals surface area contributed by atoms with Gasteiger partial charge in [0.05, 0.1) is 25.5 Å². The number of amidine groups is 1. The van der Waals surface area contributed by atoms with Crippen molar-refractivity contribution in [3.63, 3.8) is 0 Å². The van der Waals surface area contributed by atoms with Crippen LogP contribution in [0.1, 0.15) is 42.1 Å². The second kappa shape index (κ2) is 17.5. The highest BCUT2D eigenvalue weighted by molar-refractivity contribution is 8.14. The molecule has 3 amide bonds. The Morgan fingerprint density at radius 2 is 1.71 bits per heavy atom. The average molecular weight is 662 g/mol. The predicted molar refractivity (Wildman–Crippen MR) is 194 cm³/mol. The molecule has 0 bridgehead atoms.